The zero-order valence-corrected chi connectivity index (χ0v) is 64.3. The highest BCUT2D eigenvalue weighted by molar-refractivity contribution is 5.85. The van der Waals surface area contributed by atoms with Crippen LogP contribution in [-0.2, 0) is 56.4 Å². The highest BCUT2D eigenvalue weighted by atomic mass is 15.2. The summed E-state index contributed by atoms with van der Waals surface area (Å²) in [4.78, 5) is 0. The predicted octanol–water partition coefficient (Wildman–Crippen LogP) is 17.0. The summed E-state index contributed by atoms with van der Waals surface area (Å²) in [5.74, 6) is 2.32. The van der Waals surface area contributed by atoms with Crippen LogP contribution < -0.4 is 36.5 Å². The third-order valence-corrected chi connectivity index (χ3v) is 20.9. The summed E-state index contributed by atoms with van der Waals surface area (Å²) in [6.45, 7) is 17.5. The maximum atomic E-state index is 2.38. The minimum absolute atomic E-state index is 1.15. The lowest BCUT2D eigenvalue weighted by atomic mass is 9.96. The van der Waals surface area contributed by atoms with Crippen molar-refractivity contribution < 1.29 is 36.5 Å². The van der Waals surface area contributed by atoms with E-state index in [1.807, 2.05) is 0 Å². The van der Waals surface area contributed by atoms with Crippen molar-refractivity contribution >= 4 is 22.1 Å². The average molecular weight is 1390 g/mol. The average Bonchev–Trinajstić information content (AvgIpc) is 1.57. The van der Waals surface area contributed by atoms with E-state index < -0.39 is 0 Å². The molecule has 0 N–H and O–H groups in total. The summed E-state index contributed by atoms with van der Waals surface area (Å²) in [5, 5.41) is 0. The van der Waals surface area contributed by atoms with Crippen molar-refractivity contribution in [1.29, 1.82) is 0 Å². The number of benzene rings is 8. The lowest BCUT2D eigenvalue weighted by Crippen LogP contribution is -2.31. The van der Waals surface area contributed by atoms with Gasteiger partial charge < -0.3 is 0 Å². The fraction of sp³-hybridized carbons (Fsp3) is 0.167. The van der Waals surface area contributed by atoms with Crippen LogP contribution >= 0.6 is 0 Å². The standard InChI is InChI=1S/C35H30N4.2C21H24N2.C19H20N2/c1-25-28(34-36(2)30-21-10-12-23-32(30)38(34)26-15-6-4-7-16-26)19-14-20-29(25)35-37(3)31-22-11-13-24-33(31)39(35)27-17-8-5-9-18-27;2*1-15-9-11-22(4)20(13-15)18-7-6-8-19(17(18)3)21-14-16(2)10-12-23(21)5;1-15-16(18-11-4-6-13-20(18)2)9-8-10-17(15)19-12-5-7-14-21(19)3/h4-24H,1-3H3;2*6-14H,1-5H3;4-14H,1-3H3/q4*+2. The van der Waals surface area contributed by atoms with Crippen molar-refractivity contribution in [1.82, 2.24) is 9.13 Å². The normalized spacial score (nSPS) is 11.0. The zero-order chi connectivity index (χ0) is 74.4. The highest BCUT2D eigenvalue weighted by Crippen LogP contribution is 2.37. The predicted molar refractivity (Wildman–Crippen MR) is 430 cm³/mol. The summed E-state index contributed by atoms with van der Waals surface area (Å²) >= 11 is 0. The number of aryl methyl sites for hydroxylation is 12. The second-order valence-corrected chi connectivity index (χ2v) is 28.2. The minimum atomic E-state index is 1.15. The molecule has 106 heavy (non-hydrogen) atoms. The molecule has 16 rings (SSSR count). The Kier molecular flexibility index (Phi) is 21.2. The van der Waals surface area contributed by atoms with E-state index in [1.54, 1.807) is 0 Å². The van der Waals surface area contributed by atoms with Gasteiger partial charge in [0.2, 0.25) is 34.2 Å². The first-order chi connectivity index (χ1) is 51.3. The molecule has 0 atom stereocenters. The lowest BCUT2D eigenvalue weighted by molar-refractivity contribution is -0.660. The zero-order valence-electron chi connectivity index (χ0n) is 64.3. The summed E-state index contributed by atoms with van der Waals surface area (Å²) < 4.78 is 22.5. The van der Waals surface area contributed by atoms with Gasteiger partial charge in [-0.05, 0) is 209 Å². The highest BCUT2D eigenvalue weighted by Gasteiger charge is 2.32. The van der Waals surface area contributed by atoms with Gasteiger partial charge in [-0.1, -0.05) is 84.9 Å². The Labute approximate surface area is 626 Å². The molecule has 0 radical (unpaired) electrons. The fourth-order valence-corrected chi connectivity index (χ4v) is 15.0. The lowest BCUT2D eigenvalue weighted by Gasteiger charge is -2.11. The molecule has 10 heteroatoms. The molecule has 0 aliphatic rings. The molecule has 0 aliphatic heterocycles. The van der Waals surface area contributed by atoms with Crippen LogP contribution in [0.15, 0.2) is 304 Å². The Morgan fingerprint density at radius 3 is 0.755 bits per heavy atom. The number of aromatic nitrogens is 10. The van der Waals surface area contributed by atoms with Crippen LogP contribution in [0.25, 0.3) is 124 Å². The van der Waals surface area contributed by atoms with E-state index in [4.69, 9.17) is 0 Å². The quantitative estimate of drug-likeness (QED) is 0.122. The van der Waals surface area contributed by atoms with E-state index in [2.05, 4.69) is 462 Å². The van der Waals surface area contributed by atoms with Gasteiger partial charge in [-0.25, -0.2) is 36.5 Å². The molecule has 0 amide bonds. The molecule has 10 nitrogen and oxygen atoms in total. The van der Waals surface area contributed by atoms with Crippen LogP contribution in [0, 0.1) is 55.4 Å². The largest absolute Gasteiger partial charge is 0.295 e. The number of pyridine rings is 6. The number of nitrogens with zero attached hydrogens (tertiary/aromatic N) is 10. The molecule has 8 aromatic heterocycles. The van der Waals surface area contributed by atoms with E-state index in [0.717, 1.165) is 23.0 Å². The van der Waals surface area contributed by atoms with Crippen molar-refractivity contribution in [2.45, 2.75) is 55.4 Å². The van der Waals surface area contributed by atoms with Gasteiger partial charge in [0, 0.05) is 106 Å². The van der Waals surface area contributed by atoms with Crippen molar-refractivity contribution in [3.63, 3.8) is 0 Å². The molecule has 524 valence electrons. The maximum Gasteiger partial charge on any atom is 0.295 e. The van der Waals surface area contributed by atoms with Gasteiger partial charge >= 0.3 is 0 Å². The number of fused-ring (bicyclic) bond motifs is 2. The van der Waals surface area contributed by atoms with Crippen LogP contribution in [0.3, 0.4) is 0 Å². The number of rotatable bonds is 10. The van der Waals surface area contributed by atoms with Crippen LogP contribution in [-0.4, -0.2) is 9.13 Å². The second-order valence-electron chi connectivity index (χ2n) is 28.2. The Hall–Kier alpha value is -12.4. The van der Waals surface area contributed by atoms with Crippen molar-refractivity contribution in [3.8, 4) is 102 Å². The van der Waals surface area contributed by atoms with E-state index in [9.17, 15) is 0 Å². The molecule has 8 aromatic carbocycles. The third kappa shape index (κ3) is 14.5. The van der Waals surface area contributed by atoms with E-state index in [-0.39, 0.29) is 0 Å². The van der Waals surface area contributed by atoms with Crippen LogP contribution in [0.4, 0.5) is 0 Å². The summed E-state index contributed by atoms with van der Waals surface area (Å²) in [5.41, 5.74) is 35.0. The van der Waals surface area contributed by atoms with Gasteiger partial charge in [0.05, 0.1) is 25.2 Å². The molecule has 0 spiro atoms. The minimum Gasteiger partial charge on any atom is -0.225 e. The molecular weight excluding hydrogens is 1290 g/mol. The van der Waals surface area contributed by atoms with Gasteiger partial charge in [0.1, 0.15) is 53.7 Å². The first-order valence-electron chi connectivity index (χ1n) is 36.5. The summed E-state index contributed by atoms with van der Waals surface area (Å²) in [6, 6.07) is 95.1. The van der Waals surface area contributed by atoms with Gasteiger partial charge in [0.25, 0.3) is 11.6 Å². The summed E-state index contributed by atoms with van der Waals surface area (Å²) in [7, 11) is 16.9. The fourth-order valence-electron chi connectivity index (χ4n) is 15.0. The molecule has 0 unspecified atom stereocenters. The van der Waals surface area contributed by atoms with Crippen LogP contribution in [0.1, 0.15) is 44.5 Å². The van der Waals surface area contributed by atoms with Gasteiger partial charge in [-0.2, -0.15) is 9.13 Å². The first kappa shape index (κ1) is 72.0. The number of hydrogen-bond acceptors (Lipinski definition) is 0. The molecule has 0 bridgehead atoms. The third-order valence-electron chi connectivity index (χ3n) is 20.9. The molecule has 0 aliphatic carbocycles. The Bertz CT molecular complexity index is 5430. The van der Waals surface area contributed by atoms with Crippen LogP contribution in [0.5, 0.6) is 0 Å². The van der Waals surface area contributed by atoms with E-state index in [0.29, 0.717) is 0 Å². The molecular formula is C96H98N10+8. The first-order valence-corrected chi connectivity index (χ1v) is 36.5. The number of hydrogen-bond donors (Lipinski definition) is 0. The SMILES string of the molecule is Cc1c(-c2cccc[n+]2C)cccc1-c1cccc[n+]1C.Cc1c(-c2n(-c3ccccc3)c3ccccc3[n+]2C)cccc1-c1n(-c2ccccc2)c2ccccc2[n+]1C.Cc1cc[n+](C)c(-c2cccc(-c3cc(C)cc[n+]3C)c2C)c1.Cc1cc[n+](C)c(-c2cccc(-c3cc(C)cc[n+]3C)c2C)c1. The van der Waals surface area contributed by atoms with E-state index >= 15 is 0 Å². The van der Waals surface area contributed by atoms with Crippen LogP contribution in [0.2, 0.25) is 0 Å². The van der Waals surface area contributed by atoms with Gasteiger partial charge in [-0.3, -0.25) is 0 Å². The number of imidazole rings is 2. The van der Waals surface area contributed by atoms with Crippen molar-refractivity contribution in [2.24, 2.45) is 56.4 Å². The van der Waals surface area contributed by atoms with Gasteiger partial charge in [-0.15, -0.1) is 0 Å². The molecule has 16 aromatic rings. The number of para-hydroxylation sites is 6. The molecule has 8 heterocycles. The maximum absolute atomic E-state index is 2.38. The van der Waals surface area contributed by atoms with Gasteiger partial charge in [0.15, 0.2) is 59.2 Å². The Morgan fingerprint density at radius 2 is 0.453 bits per heavy atom. The second kappa shape index (κ2) is 31.3. The van der Waals surface area contributed by atoms with Crippen molar-refractivity contribution in [3.05, 3.63) is 349 Å². The van der Waals surface area contributed by atoms with Crippen molar-refractivity contribution in [2.75, 3.05) is 0 Å². The topological polar surface area (TPSA) is 40.9 Å². The molecule has 0 saturated carbocycles. The monoisotopic (exact) mass is 1390 g/mol. The molecule has 0 saturated heterocycles. The molecule has 0 fully saturated rings. The summed E-state index contributed by atoms with van der Waals surface area (Å²) in [6.07, 6.45) is 12.7. The Balaban J connectivity index is 0.000000130. The van der Waals surface area contributed by atoms with E-state index in [1.165, 1.54) is 145 Å². The Morgan fingerprint density at radius 1 is 0.208 bits per heavy atom. The smallest absolute Gasteiger partial charge is 0.225 e.